The number of carbonyl (C=O) groups excluding carboxylic acids is 1. The van der Waals surface area contributed by atoms with Gasteiger partial charge in [0.15, 0.2) is 5.69 Å². The van der Waals surface area contributed by atoms with Gasteiger partial charge in [-0.1, -0.05) is 6.07 Å². The van der Waals surface area contributed by atoms with E-state index in [0.29, 0.717) is 6.07 Å². The summed E-state index contributed by atoms with van der Waals surface area (Å²) in [5.41, 5.74) is -1.73. The van der Waals surface area contributed by atoms with Gasteiger partial charge in [0.1, 0.15) is 6.61 Å². The van der Waals surface area contributed by atoms with E-state index in [2.05, 4.69) is 4.85 Å². The number of amides is 1. The van der Waals surface area contributed by atoms with Gasteiger partial charge in [0.25, 0.3) is 0 Å². The molecule has 1 heterocycles. The Labute approximate surface area is 112 Å². The van der Waals surface area contributed by atoms with Crippen molar-refractivity contribution < 1.29 is 27.8 Å². The summed E-state index contributed by atoms with van der Waals surface area (Å²) in [5.74, 6) is 0. The monoisotopic (exact) mass is 286 g/mol. The molecule has 8 heteroatoms. The first-order valence-corrected chi connectivity index (χ1v) is 5.54. The second kappa shape index (κ2) is 5.02. The van der Waals surface area contributed by atoms with E-state index in [1.54, 1.807) is 0 Å². The van der Waals surface area contributed by atoms with E-state index in [1.165, 1.54) is 6.07 Å². The molecule has 0 radical (unpaired) electrons. The molecule has 1 aliphatic heterocycles. The number of benzene rings is 1. The van der Waals surface area contributed by atoms with Crippen molar-refractivity contribution in [3.05, 3.63) is 35.2 Å². The first kappa shape index (κ1) is 14.1. The molecule has 1 aliphatic rings. The molecule has 0 bridgehead atoms. The first-order valence-electron chi connectivity index (χ1n) is 5.54. The number of halogens is 3. The Hall–Kier alpha value is -2.27. The Balaban J connectivity index is 2.49. The van der Waals surface area contributed by atoms with Gasteiger partial charge in [-0.25, -0.2) is 9.64 Å². The highest BCUT2D eigenvalue weighted by Crippen LogP contribution is 2.39. The molecule has 0 aromatic heterocycles. The van der Waals surface area contributed by atoms with Gasteiger partial charge in [-0.3, -0.25) is 4.90 Å². The van der Waals surface area contributed by atoms with Crippen LogP contribution in [0.1, 0.15) is 5.56 Å². The minimum Gasteiger partial charge on any atom is -0.447 e. The lowest BCUT2D eigenvalue weighted by Crippen LogP contribution is -2.36. The van der Waals surface area contributed by atoms with Crippen LogP contribution in [0, 0.1) is 6.57 Å². The molecule has 0 spiro atoms. The fourth-order valence-corrected chi connectivity index (χ4v) is 1.91. The lowest BCUT2D eigenvalue weighted by atomic mass is 10.1. The van der Waals surface area contributed by atoms with E-state index < -0.39 is 36.2 Å². The van der Waals surface area contributed by atoms with Crippen LogP contribution in [0.5, 0.6) is 0 Å². The maximum Gasteiger partial charge on any atom is 0.414 e. The first-order chi connectivity index (χ1) is 9.38. The molecule has 0 unspecified atom stereocenters. The van der Waals surface area contributed by atoms with Crippen molar-refractivity contribution in [3.63, 3.8) is 0 Å². The quantitative estimate of drug-likeness (QED) is 0.850. The SMILES string of the molecule is [C-]#[N+]c1ccc(N2C(=O)OC[C@@H]2CO)cc1C(F)(F)F. The van der Waals surface area contributed by atoms with Crippen LogP contribution in [0.15, 0.2) is 18.2 Å². The van der Waals surface area contributed by atoms with Crippen molar-refractivity contribution in [3.8, 4) is 0 Å². The maximum absolute atomic E-state index is 12.9. The van der Waals surface area contributed by atoms with E-state index in [4.69, 9.17) is 16.4 Å². The van der Waals surface area contributed by atoms with Crippen molar-refractivity contribution in [1.82, 2.24) is 0 Å². The Morgan fingerprint density at radius 1 is 1.50 bits per heavy atom. The largest absolute Gasteiger partial charge is 0.447 e. The number of alkyl halides is 3. The highest BCUT2D eigenvalue weighted by Gasteiger charge is 2.37. The van der Waals surface area contributed by atoms with Gasteiger partial charge in [0, 0.05) is 5.69 Å². The zero-order valence-corrected chi connectivity index (χ0v) is 10.0. The van der Waals surface area contributed by atoms with Crippen LogP contribution in [-0.2, 0) is 10.9 Å². The summed E-state index contributed by atoms with van der Waals surface area (Å²) in [4.78, 5) is 15.3. The number of hydrogen-bond acceptors (Lipinski definition) is 3. The Kier molecular flexibility index (Phi) is 3.55. The Morgan fingerprint density at radius 2 is 2.20 bits per heavy atom. The fraction of sp³-hybridized carbons (Fsp3) is 0.333. The molecule has 1 N–H and O–H groups in total. The van der Waals surface area contributed by atoms with E-state index in [1.807, 2.05) is 0 Å². The van der Waals surface area contributed by atoms with Gasteiger partial charge in [0.2, 0.25) is 0 Å². The molecule has 5 nitrogen and oxygen atoms in total. The van der Waals surface area contributed by atoms with Gasteiger partial charge in [-0.2, -0.15) is 13.2 Å². The van der Waals surface area contributed by atoms with Crippen LogP contribution in [0.2, 0.25) is 0 Å². The minimum atomic E-state index is -4.70. The standard InChI is InChI=1S/C12H9F3N2O3/c1-16-10-3-2-7(4-9(10)12(13,14)15)17-8(5-18)6-20-11(17)19/h2-4,8,18H,5-6H2/t8-/m0/s1. The average Bonchev–Trinajstić information content (AvgIpc) is 2.78. The fourth-order valence-electron chi connectivity index (χ4n) is 1.91. The zero-order valence-electron chi connectivity index (χ0n) is 10.0. The molecular formula is C12H9F3N2O3. The molecule has 2 rings (SSSR count). The third-order valence-electron chi connectivity index (χ3n) is 2.86. The third kappa shape index (κ3) is 2.40. The number of carbonyl (C=O) groups is 1. The molecule has 0 saturated carbocycles. The number of anilines is 1. The molecule has 1 atom stereocenters. The summed E-state index contributed by atoms with van der Waals surface area (Å²) in [5, 5.41) is 9.10. The van der Waals surface area contributed by atoms with E-state index in [0.717, 1.165) is 11.0 Å². The van der Waals surface area contributed by atoms with Crippen molar-refractivity contribution in [2.45, 2.75) is 12.2 Å². The van der Waals surface area contributed by atoms with E-state index in [-0.39, 0.29) is 12.3 Å². The summed E-state index contributed by atoms with van der Waals surface area (Å²) in [6.07, 6.45) is -5.53. The van der Waals surface area contributed by atoms with Gasteiger partial charge < -0.3 is 9.84 Å². The molecule has 1 aromatic rings. The normalized spacial score (nSPS) is 18.9. The number of aliphatic hydroxyl groups excluding tert-OH is 1. The van der Waals surface area contributed by atoms with Crippen LogP contribution in [0.4, 0.5) is 29.3 Å². The molecule has 1 saturated heterocycles. The molecule has 1 aromatic carbocycles. The van der Waals surface area contributed by atoms with E-state index >= 15 is 0 Å². The summed E-state index contributed by atoms with van der Waals surface area (Å²) >= 11 is 0. The molecule has 1 amide bonds. The molecule has 0 aliphatic carbocycles. The van der Waals surface area contributed by atoms with Crippen LogP contribution >= 0.6 is 0 Å². The summed E-state index contributed by atoms with van der Waals surface area (Å²) in [7, 11) is 0. The molecule has 106 valence electrons. The predicted octanol–water partition coefficient (Wildman–Crippen LogP) is 2.57. The van der Waals surface area contributed by atoms with Crippen molar-refractivity contribution >= 4 is 17.5 Å². The topological polar surface area (TPSA) is 54.1 Å². The van der Waals surface area contributed by atoms with Gasteiger partial charge >= 0.3 is 12.3 Å². The number of nitrogens with zero attached hydrogens (tertiary/aromatic N) is 2. The summed E-state index contributed by atoms with van der Waals surface area (Å²) in [6, 6.07) is 2.19. The number of aliphatic hydroxyl groups is 1. The third-order valence-corrected chi connectivity index (χ3v) is 2.86. The molecular weight excluding hydrogens is 277 g/mol. The Bertz CT molecular complexity index is 580. The Morgan fingerprint density at radius 3 is 2.75 bits per heavy atom. The predicted molar refractivity (Wildman–Crippen MR) is 62.4 cm³/mol. The van der Waals surface area contributed by atoms with Crippen molar-refractivity contribution in [1.29, 1.82) is 0 Å². The minimum absolute atomic E-state index is 0.0636. The molecule has 20 heavy (non-hydrogen) atoms. The summed E-state index contributed by atoms with van der Waals surface area (Å²) < 4.78 is 43.2. The van der Waals surface area contributed by atoms with E-state index in [9.17, 15) is 18.0 Å². The smallest absolute Gasteiger partial charge is 0.414 e. The second-order valence-electron chi connectivity index (χ2n) is 4.09. The molecule has 1 fully saturated rings. The van der Waals surface area contributed by atoms with Crippen LogP contribution in [-0.4, -0.2) is 30.5 Å². The second-order valence-corrected chi connectivity index (χ2v) is 4.09. The number of rotatable bonds is 2. The zero-order chi connectivity index (χ0) is 14.9. The van der Waals surface area contributed by atoms with Gasteiger partial charge in [-0.15, -0.1) is 0 Å². The van der Waals surface area contributed by atoms with Crippen molar-refractivity contribution in [2.75, 3.05) is 18.1 Å². The summed E-state index contributed by atoms with van der Waals surface area (Å²) in [6.45, 7) is 6.21. The average molecular weight is 286 g/mol. The van der Waals surface area contributed by atoms with Crippen LogP contribution in [0.25, 0.3) is 4.85 Å². The number of cyclic esters (lactones) is 1. The lowest BCUT2D eigenvalue weighted by molar-refractivity contribution is -0.136. The van der Waals surface area contributed by atoms with Gasteiger partial charge in [0.05, 0.1) is 24.8 Å². The van der Waals surface area contributed by atoms with Crippen molar-refractivity contribution in [2.24, 2.45) is 0 Å². The highest BCUT2D eigenvalue weighted by molar-refractivity contribution is 5.90. The van der Waals surface area contributed by atoms with Crippen LogP contribution in [0.3, 0.4) is 0 Å². The van der Waals surface area contributed by atoms with Crippen LogP contribution < -0.4 is 4.90 Å². The lowest BCUT2D eigenvalue weighted by Gasteiger charge is -2.21. The number of hydrogen-bond donors (Lipinski definition) is 1. The highest BCUT2D eigenvalue weighted by atomic mass is 19.4. The maximum atomic E-state index is 12.9. The number of ether oxygens (including phenoxy) is 1. The van der Waals surface area contributed by atoms with Gasteiger partial charge in [-0.05, 0) is 12.1 Å².